The van der Waals surface area contributed by atoms with Crippen molar-refractivity contribution in [3.63, 3.8) is 0 Å². The van der Waals surface area contributed by atoms with Gasteiger partial charge >= 0.3 is 0 Å². The van der Waals surface area contributed by atoms with Gasteiger partial charge in [0.05, 0.1) is 6.61 Å². The number of nitrogens with one attached hydrogen (secondary N) is 1. The predicted octanol–water partition coefficient (Wildman–Crippen LogP) is 1.41. The van der Waals surface area contributed by atoms with Gasteiger partial charge < -0.3 is 10.1 Å². The van der Waals surface area contributed by atoms with Crippen LogP contribution in [-0.2, 0) is 4.74 Å². The summed E-state index contributed by atoms with van der Waals surface area (Å²) in [6.45, 7) is 7.02. The molecule has 2 nitrogen and oxygen atoms in total. The molecule has 1 saturated carbocycles. The van der Waals surface area contributed by atoms with Crippen LogP contribution in [0.3, 0.4) is 0 Å². The van der Waals surface area contributed by atoms with Crippen LogP contribution in [0, 0.1) is 5.92 Å². The molecule has 0 aliphatic heterocycles. The van der Waals surface area contributed by atoms with E-state index in [-0.39, 0.29) is 0 Å². The largest absolute Gasteiger partial charge is 0.380 e. The second-order valence-electron chi connectivity index (χ2n) is 3.16. The molecule has 1 N–H and O–H groups in total. The minimum atomic E-state index is 0.806. The Balaban J connectivity index is 1.82. The van der Waals surface area contributed by atoms with E-state index in [1.54, 1.807) is 0 Å². The molecule has 1 fully saturated rings. The maximum atomic E-state index is 5.22. The quantitative estimate of drug-likeness (QED) is 0.589. The first-order valence-electron chi connectivity index (χ1n) is 4.69. The third kappa shape index (κ3) is 3.21. The van der Waals surface area contributed by atoms with Gasteiger partial charge in [-0.05, 0) is 19.3 Å². The Hall–Kier alpha value is -0.0800. The van der Waals surface area contributed by atoms with Crippen molar-refractivity contribution in [1.29, 1.82) is 0 Å². The highest BCUT2D eigenvalue weighted by atomic mass is 16.5. The molecule has 0 heterocycles. The zero-order chi connectivity index (χ0) is 8.10. The van der Waals surface area contributed by atoms with Crippen LogP contribution < -0.4 is 5.32 Å². The highest BCUT2D eigenvalue weighted by Crippen LogP contribution is 2.32. The average molecular weight is 157 g/mol. The number of hydrogen-bond acceptors (Lipinski definition) is 2. The summed E-state index contributed by atoms with van der Waals surface area (Å²) in [5, 5.41) is 3.47. The van der Waals surface area contributed by atoms with Crippen LogP contribution in [0.25, 0.3) is 0 Å². The lowest BCUT2D eigenvalue weighted by Crippen LogP contribution is -2.23. The van der Waals surface area contributed by atoms with Crippen molar-refractivity contribution in [3.05, 3.63) is 0 Å². The van der Waals surface area contributed by atoms with Crippen molar-refractivity contribution in [2.24, 2.45) is 5.92 Å². The SMILES string of the molecule is CCOCCNC1CC1CC. The van der Waals surface area contributed by atoms with Gasteiger partial charge in [0.2, 0.25) is 0 Å². The number of ether oxygens (including phenoxy) is 1. The monoisotopic (exact) mass is 157 g/mol. The topological polar surface area (TPSA) is 21.3 Å². The standard InChI is InChI=1S/C9H19NO/c1-3-8-7-9(8)10-5-6-11-4-2/h8-10H,3-7H2,1-2H3. The molecule has 0 spiro atoms. The molecule has 0 aromatic heterocycles. The van der Waals surface area contributed by atoms with E-state index >= 15 is 0 Å². The maximum Gasteiger partial charge on any atom is 0.0590 e. The van der Waals surface area contributed by atoms with E-state index in [1.807, 2.05) is 6.92 Å². The first kappa shape index (κ1) is 9.01. The van der Waals surface area contributed by atoms with Crippen molar-refractivity contribution >= 4 is 0 Å². The molecular formula is C9H19NO. The van der Waals surface area contributed by atoms with E-state index < -0.39 is 0 Å². The fourth-order valence-corrected chi connectivity index (χ4v) is 1.41. The molecule has 0 aromatic rings. The molecule has 0 amide bonds. The summed E-state index contributed by atoms with van der Waals surface area (Å²) in [4.78, 5) is 0. The van der Waals surface area contributed by atoms with Crippen molar-refractivity contribution in [1.82, 2.24) is 5.32 Å². The smallest absolute Gasteiger partial charge is 0.0590 e. The molecule has 1 aliphatic rings. The normalized spacial score (nSPS) is 28.9. The molecule has 2 heteroatoms. The van der Waals surface area contributed by atoms with Crippen molar-refractivity contribution < 1.29 is 4.74 Å². The average Bonchev–Trinajstić information content (AvgIpc) is 2.77. The lowest BCUT2D eigenvalue weighted by atomic mass is 10.3. The summed E-state index contributed by atoms with van der Waals surface area (Å²) in [6, 6.07) is 0.806. The van der Waals surface area contributed by atoms with E-state index in [0.29, 0.717) is 0 Å². The van der Waals surface area contributed by atoms with Gasteiger partial charge in [0, 0.05) is 19.2 Å². The third-order valence-corrected chi connectivity index (χ3v) is 2.30. The van der Waals surface area contributed by atoms with Crippen molar-refractivity contribution in [2.75, 3.05) is 19.8 Å². The van der Waals surface area contributed by atoms with E-state index in [2.05, 4.69) is 12.2 Å². The highest BCUT2D eigenvalue weighted by molar-refractivity contribution is 4.91. The van der Waals surface area contributed by atoms with Crippen molar-refractivity contribution in [3.8, 4) is 0 Å². The summed E-state index contributed by atoms with van der Waals surface area (Å²) >= 11 is 0. The number of hydrogen-bond donors (Lipinski definition) is 1. The van der Waals surface area contributed by atoms with E-state index in [9.17, 15) is 0 Å². The van der Waals surface area contributed by atoms with Gasteiger partial charge in [-0.1, -0.05) is 13.3 Å². The van der Waals surface area contributed by atoms with E-state index in [1.165, 1.54) is 12.8 Å². The van der Waals surface area contributed by atoms with Gasteiger partial charge in [0.25, 0.3) is 0 Å². The maximum absolute atomic E-state index is 5.22. The Morgan fingerprint density at radius 1 is 1.45 bits per heavy atom. The Morgan fingerprint density at radius 2 is 2.27 bits per heavy atom. The molecule has 0 aromatic carbocycles. The van der Waals surface area contributed by atoms with Crippen LogP contribution >= 0.6 is 0 Å². The first-order valence-corrected chi connectivity index (χ1v) is 4.69. The highest BCUT2D eigenvalue weighted by Gasteiger charge is 2.34. The molecule has 0 radical (unpaired) electrons. The molecular weight excluding hydrogens is 138 g/mol. The third-order valence-electron chi connectivity index (χ3n) is 2.30. The Labute approximate surface area is 69.3 Å². The Morgan fingerprint density at radius 3 is 2.82 bits per heavy atom. The van der Waals surface area contributed by atoms with E-state index in [0.717, 1.165) is 31.7 Å². The van der Waals surface area contributed by atoms with Gasteiger partial charge in [-0.15, -0.1) is 0 Å². The van der Waals surface area contributed by atoms with Gasteiger partial charge in [-0.25, -0.2) is 0 Å². The molecule has 0 saturated heterocycles. The molecule has 11 heavy (non-hydrogen) atoms. The van der Waals surface area contributed by atoms with Crippen LogP contribution in [0.4, 0.5) is 0 Å². The molecule has 1 rings (SSSR count). The summed E-state index contributed by atoms with van der Waals surface area (Å²) < 4.78 is 5.22. The number of rotatable bonds is 6. The van der Waals surface area contributed by atoms with Gasteiger partial charge in [-0.3, -0.25) is 0 Å². The summed E-state index contributed by atoms with van der Waals surface area (Å²) in [7, 11) is 0. The second-order valence-corrected chi connectivity index (χ2v) is 3.16. The van der Waals surface area contributed by atoms with Crippen LogP contribution in [-0.4, -0.2) is 25.8 Å². The van der Waals surface area contributed by atoms with Crippen LogP contribution in [0.1, 0.15) is 26.7 Å². The zero-order valence-electron chi connectivity index (χ0n) is 7.60. The lowest BCUT2D eigenvalue weighted by molar-refractivity contribution is 0.148. The molecule has 2 atom stereocenters. The molecule has 66 valence electrons. The van der Waals surface area contributed by atoms with Crippen molar-refractivity contribution in [2.45, 2.75) is 32.7 Å². The summed E-state index contributed by atoms with van der Waals surface area (Å²) in [6.07, 6.45) is 2.70. The van der Waals surface area contributed by atoms with Crippen LogP contribution in [0.15, 0.2) is 0 Å². The first-order chi connectivity index (χ1) is 5.38. The van der Waals surface area contributed by atoms with Gasteiger partial charge in [0.15, 0.2) is 0 Å². The predicted molar refractivity (Wildman–Crippen MR) is 46.7 cm³/mol. The molecule has 1 aliphatic carbocycles. The van der Waals surface area contributed by atoms with Crippen LogP contribution in [0.5, 0.6) is 0 Å². The van der Waals surface area contributed by atoms with E-state index in [4.69, 9.17) is 4.74 Å². The Kier molecular flexibility index (Phi) is 3.87. The zero-order valence-corrected chi connectivity index (χ0v) is 7.60. The fourth-order valence-electron chi connectivity index (χ4n) is 1.41. The van der Waals surface area contributed by atoms with Crippen LogP contribution in [0.2, 0.25) is 0 Å². The lowest BCUT2D eigenvalue weighted by Gasteiger charge is -2.02. The Bertz CT molecular complexity index is 106. The summed E-state index contributed by atoms with van der Waals surface area (Å²) in [5.74, 6) is 0.955. The van der Waals surface area contributed by atoms with Gasteiger partial charge in [-0.2, -0.15) is 0 Å². The van der Waals surface area contributed by atoms with Gasteiger partial charge in [0.1, 0.15) is 0 Å². The molecule has 2 unspecified atom stereocenters. The second kappa shape index (κ2) is 4.73. The fraction of sp³-hybridized carbons (Fsp3) is 1.00. The minimum Gasteiger partial charge on any atom is -0.380 e. The minimum absolute atomic E-state index is 0.806. The summed E-state index contributed by atoms with van der Waals surface area (Å²) in [5.41, 5.74) is 0. The molecule has 0 bridgehead atoms.